The maximum absolute atomic E-state index is 12.9. The van der Waals surface area contributed by atoms with Crippen LogP contribution in [0, 0.1) is 5.92 Å². The average molecular weight is 534 g/mol. The fourth-order valence-electron chi connectivity index (χ4n) is 3.94. The lowest BCUT2D eigenvalue weighted by molar-refractivity contribution is -0.120. The second-order valence-electron chi connectivity index (χ2n) is 7.94. The van der Waals surface area contributed by atoms with E-state index in [1.54, 1.807) is 24.3 Å². The predicted molar refractivity (Wildman–Crippen MR) is 136 cm³/mol. The highest BCUT2D eigenvalue weighted by Gasteiger charge is 2.33. The molecule has 1 amide bonds. The van der Waals surface area contributed by atoms with Gasteiger partial charge >= 0.3 is 0 Å². The zero-order valence-electron chi connectivity index (χ0n) is 17.8. The minimum absolute atomic E-state index is 0.0873. The monoisotopic (exact) mass is 533 g/mol. The number of halogens is 1. The Morgan fingerprint density at radius 1 is 1.09 bits per heavy atom. The molecule has 0 bridgehead atoms. The van der Waals surface area contributed by atoms with Crippen molar-refractivity contribution in [2.24, 2.45) is 5.92 Å². The molecule has 1 fully saturated rings. The summed E-state index contributed by atoms with van der Waals surface area (Å²) in [4.78, 5) is 17.5. The molecule has 0 unspecified atom stereocenters. The van der Waals surface area contributed by atoms with Crippen LogP contribution in [0.2, 0.25) is 4.34 Å². The van der Waals surface area contributed by atoms with Crippen LogP contribution in [0.4, 0.5) is 5.69 Å². The van der Waals surface area contributed by atoms with Crippen molar-refractivity contribution in [2.45, 2.75) is 17.1 Å². The second-order valence-corrected chi connectivity index (χ2v) is 12.9. The molecular weight excluding hydrogens is 514 g/mol. The van der Waals surface area contributed by atoms with Gasteiger partial charge in [0.05, 0.1) is 20.1 Å². The number of piperidine rings is 1. The molecule has 0 atom stereocenters. The molecule has 0 spiro atoms. The number of rotatable bonds is 5. The summed E-state index contributed by atoms with van der Waals surface area (Å²) in [6.07, 6.45) is 0.847. The molecule has 5 rings (SSSR count). The molecule has 0 radical (unpaired) electrons. The van der Waals surface area contributed by atoms with E-state index in [0.29, 0.717) is 33.4 Å². The number of aromatic hydroxyl groups is 1. The van der Waals surface area contributed by atoms with Gasteiger partial charge in [-0.3, -0.25) is 4.79 Å². The van der Waals surface area contributed by atoms with Gasteiger partial charge in [-0.1, -0.05) is 23.7 Å². The van der Waals surface area contributed by atoms with Crippen LogP contribution in [0.5, 0.6) is 5.75 Å². The highest BCUT2D eigenvalue weighted by molar-refractivity contribution is 7.91. The van der Waals surface area contributed by atoms with E-state index in [1.165, 1.54) is 21.7 Å². The maximum Gasteiger partial charge on any atom is 0.252 e. The molecule has 2 aromatic carbocycles. The topological polar surface area (TPSA) is 99.6 Å². The first-order chi connectivity index (χ1) is 16.3. The predicted octanol–water partition coefficient (Wildman–Crippen LogP) is 5.42. The number of para-hydroxylation sites is 1. The van der Waals surface area contributed by atoms with Crippen molar-refractivity contribution in [3.8, 4) is 16.3 Å². The Hall–Kier alpha value is -2.50. The molecule has 1 aliphatic heterocycles. The number of nitrogens with zero attached hydrogens (tertiary/aromatic N) is 2. The molecule has 1 aliphatic rings. The van der Waals surface area contributed by atoms with E-state index in [1.807, 2.05) is 24.3 Å². The fraction of sp³-hybridized carbons (Fsp3) is 0.217. The number of phenols is 1. The van der Waals surface area contributed by atoms with Crippen molar-refractivity contribution in [1.82, 2.24) is 9.29 Å². The number of carbonyl (C=O) groups excluding carboxylic acids is 1. The SMILES string of the molecule is O=C(Nc1ccc(O)c(-c2nc3ccccc3s2)c1)C1CCN(S(=O)(=O)c2ccc(Cl)s2)CC1. The minimum atomic E-state index is -3.60. The Labute approximate surface area is 209 Å². The summed E-state index contributed by atoms with van der Waals surface area (Å²) in [5, 5.41) is 14.0. The number of thiazole rings is 1. The van der Waals surface area contributed by atoms with Crippen LogP contribution in [0.25, 0.3) is 20.8 Å². The summed E-state index contributed by atoms with van der Waals surface area (Å²) in [7, 11) is -3.60. The first-order valence-corrected chi connectivity index (χ1v) is 14.0. The van der Waals surface area contributed by atoms with Crippen molar-refractivity contribution < 1.29 is 18.3 Å². The lowest BCUT2D eigenvalue weighted by atomic mass is 9.97. The molecular formula is C23H20ClN3O4S3. The van der Waals surface area contributed by atoms with Crippen LogP contribution >= 0.6 is 34.3 Å². The van der Waals surface area contributed by atoms with Crippen molar-refractivity contribution in [1.29, 1.82) is 0 Å². The standard InChI is InChI=1S/C23H20ClN3O4S3/c24-20-7-8-21(33-20)34(30,31)27-11-9-14(10-12-27)22(29)25-15-5-6-18(28)16(13-15)23-26-17-3-1-2-4-19(17)32-23/h1-8,13-14,28H,9-12H2,(H,25,29). The molecule has 2 N–H and O–H groups in total. The van der Waals surface area contributed by atoms with Gasteiger partial charge in [-0.25, -0.2) is 13.4 Å². The number of amides is 1. The number of hydrogen-bond donors (Lipinski definition) is 2. The summed E-state index contributed by atoms with van der Waals surface area (Å²) in [6.45, 7) is 0.533. The first-order valence-electron chi connectivity index (χ1n) is 10.6. The van der Waals surface area contributed by atoms with E-state index in [4.69, 9.17) is 11.6 Å². The van der Waals surface area contributed by atoms with Gasteiger partial charge in [0.25, 0.3) is 10.0 Å². The summed E-state index contributed by atoms with van der Waals surface area (Å²) >= 11 is 8.39. The number of sulfonamides is 1. The smallest absolute Gasteiger partial charge is 0.252 e. The number of thiophene rings is 1. The lowest BCUT2D eigenvalue weighted by Gasteiger charge is -2.30. The summed E-state index contributed by atoms with van der Waals surface area (Å²) in [5.74, 6) is -0.389. The van der Waals surface area contributed by atoms with Crippen molar-refractivity contribution >= 4 is 66.1 Å². The van der Waals surface area contributed by atoms with Gasteiger partial charge < -0.3 is 10.4 Å². The largest absolute Gasteiger partial charge is 0.507 e. The lowest BCUT2D eigenvalue weighted by Crippen LogP contribution is -2.41. The van der Waals surface area contributed by atoms with Crippen LogP contribution in [0.3, 0.4) is 0 Å². The Bertz CT molecular complexity index is 1440. The van der Waals surface area contributed by atoms with E-state index in [-0.39, 0.29) is 34.9 Å². The van der Waals surface area contributed by atoms with E-state index in [9.17, 15) is 18.3 Å². The third-order valence-electron chi connectivity index (χ3n) is 5.76. The van der Waals surface area contributed by atoms with Crippen LogP contribution in [0.1, 0.15) is 12.8 Å². The third kappa shape index (κ3) is 4.56. The number of carbonyl (C=O) groups is 1. The second kappa shape index (κ2) is 9.27. The van der Waals surface area contributed by atoms with Crippen LogP contribution in [-0.2, 0) is 14.8 Å². The van der Waals surface area contributed by atoms with Gasteiger partial charge in [0.2, 0.25) is 5.91 Å². The average Bonchev–Trinajstić information content (AvgIpc) is 3.47. The molecule has 7 nitrogen and oxygen atoms in total. The molecule has 0 aliphatic carbocycles. The van der Waals surface area contributed by atoms with Crippen LogP contribution < -0.4 is 5.32 Å². The Kier molecular flexibility index (Phi) is 6.34. The number of anilines is 1. The van der Waals surface area contributed by atoms with Gasteiger partial charge in [0, 0.05) is 24.7 Å². The Balaban J connectivity index is 1.27. The summed E-state index contributed by atoms with van der Waals surface area (Å²) in [5.41, 5.74) is 1.96. The van der Waals surface area contributed by atoms with Crippen LogP contribution in [0.15, 0.2) is 58.8 Å². The first kappa shape index (κ1) is 23.3. The highest BCUT2D eigenvalue weighted by atomic mass is 35.5. The van der Waals surface area contributed by atoms with E-state index >= 15 is 0 Å². The van der Waals surface area contributed by atoms with Gasteiger partial charge in [0.1, 0.15) is 15.0 Å². The quantitative estimate of drug-likeness (QED) is 0.333. The summed E-state index contributed by atoms with van der Waals surface area (Å²) in [6, 6.07) is 15.7. The zero-order chi connectivity index (χ0) is 23.9. The molecule has 1 saturated heterocycles. The number of aromatic nitrogens is 1. The van der Waals surface area contributed by atoms with Crippen molar-refractivity contribution in [3.05, 3.63) is 58.9 Å². The van der Waals surface area contributed by atoms with Gasteiger partial charge in [-0.15, -0.1) is 22.7 Å². The maximum atomic E-state index is 12.9. The molecule has 3 heterocycles. The van der Waals surface area contributed by atoms with Crippen molar-refractivity contribution in [3.63, 3.8) is 0 Å². The Morgan fingerprint density at radius 3 is 2.56 bits per heavy atom. The normalized spacial score (nSPS) is 15.6. The molecule has 176 valence electrons. The van der Waals surface area contributed by atoms with E-state index in [2.05, 4.69) is 10.3 Å². The molecule has 4 aromatic rings. The summed E-state index contributed by atoms with van der Waals surface area (Å²) < 4.78 is 28.6. The molecule has 34 heavy (non-hydrogen) atoms. The fourth-order valence-corrected chi connectivity index (χ4v) is 8.04. The molecule has 0 saturated carbocycles. The van der Waals surface area contributed by atoms with E-state index in [0.717, 1.165) is 21.6 Å². The van der Waals surface area contributed by atoms with Gasteiger partial charge in [-0.2, -0.15) is 4.31 Å². The van der Waals surface area contributed by atoms with Gasteiger partial charge in [0.15, 0.2) is 0 Å². The minimum Gasteiger partial charge on any atom is -0.507 e. The van der Waals surface area contributed by atoms with Gasteiger partial charge in [-0.05, 0) is 55.3 Å². The van der Waals surface area contributed by atoms with E-state index < -0.39 is 10.0 Å². The highest BCUT2D eigenvalue weighted by Crippen LogP contribution is 2.37. The molecule has 11 heteroatoms. The number of hydrogen-bond acceptors (Lipinski definition) is 7. The third-order valence-corrected chi connectivity index (χ3v) is 10.4. The number of phenolic OH excluding ortho intramolecular Hbond substituents is 1. The number of benzene rings is 2. The number of nitrogens with one attached hydrogen (secondary N) is 1. The van der Waals surface area contributed by atoms with Crippen molar-refractivity contribution in [2.75, 3.05) is 18.4 Å². The zero-order valence-corrected chi connectivity index (χ0v) is 21.0. The van der Waals surface area contributed by atoms with Crippen LogP contribution in [-0.4, -0.2) is 41.8 Å². The molecule has 2 aromatic heterocycles. The Morgan fingerprint density at radius 2 is 1.85 bits per heavy atom. The number of fused-ring (bicyclic) bond motifs is 1.